The van der Waals surface area contributed by atoms with Crippen LogP contribution in [0.2, 0.25) is 0 Å². The lowest BCUT2D eigenvalue weighted by Gasteiger charge is -2.25. The molecular formula is C16H21N3O2. The Hall–Kier alpha value is -1.91. The highest BCUT2D eigenvalue weighted by Crippen LogP contribution is 2.27. The third-order valence-electron chi connectivity index (χ3n) is 4.36. The maximum absolute atomic E-state index is 12.5. The summed E-state index contributed by atoms with van der Waals surface area (Å²) in [5.41, 5.74) is 0. The van der Waals surface area contributed by atoms with Crippen molar-refractivity contribution in [1.82, 2.24) is 9.88 Å². The van der Waals surface area contributed by atoms with Crippen molar-refractivity contribution in [3.8, 4) is 0 Å². The van der Waals surface area contributed by atoms with E-state index in [1.807, 2.05) is 18.2 Å². The molecule has 112 valence electrons. The second kappa shape index (κ2) is 6.24. The summed E-state index contributed by atoms with van der Waals surface area (Å²) in [7, 11) is 0. The van der Waals surface area contributed by atoms with Crippen molar-refractivity contribution >= 4 is 17.6 Å². The number of hydrogen-bond acceptors (Lipinski definition) is 4. The second-order valence-corrected chi connectivity index (χ2v) is 5.86. The lowest BCUT2D eigenvalue weighted by Crippen LogP contribution is -2.42. The summed E-state index contributed by atoms with van der Waals surface area (Å²) in [6.45, 7) is 0. The molecule has 0 bridgehead atoms. The summed E-state index contributed by atoms with van der Waals surface area (Å²) < 4.78 is 0. The minimum Gasteiger partial charge on any atom is -0.358 e. The molecule has 2 fully saturated rings. The van der Waals surface area contributed by atoms with Crippen LogP contribution >= 0.6 is 0 Å². The van der Waals surface area contributed by atoms with E-state index in [0.29, 0.717) is 5.82 Å². The van der Waals surface area contributed by atoms with Crippen molar-refractivity contribution in [2.75, 3.05) is 5.32 Å². The summed E-state index contributed by atoms with van der Waals surface area (Å²) in [6.07, 6.45) is 8.46. The lowest BCUT2D eigenvalue weighted by molar-refractivity contribution is -0.141. The molecule has 1 aliphatic carbocycles. The van der Waals surface area contributed by atoms with Gasteiger partial charge in [0.15, 0.2) is 0 Å². The van der Waals surface area contributed by atoms with Crippen LogP contribution in [0.25, 0.3) is 0 Å². The molecule has 1 unspecified atom stereocenters. The molecule has 3 rings (SSSR count). The third-order valence-corrected chi connectivity index (χ3v) is 4.36. The van der Waals surface area contributed by atoms with Gasteiger partial charge in [0.1, 0.15) is 11.9 Å². The van der Waals surface area contributed by atoms with Crippen LogP contribution in [0.4, 0.5) is 5.82 Å². The number of imide groups is 1. The zero-order chi connectivity index (χ0) is 14.7. The zero-order valence-electron chi connectivity index (χ0n) is 12.1. The molecule has 1 N–H and O–H groups in total. The lowest BCUT2D eigenvalue weighted by atomic mass is 10.1. The molecule has 1 saturated carbocycles. The van der Waals surface area contributed by atoms with E-state index < -0.39 is 6.04 Å². The molecule has 1 atom stereocenters. The fraction of sp³-hybridized carbons (Fsp3) is 0.562. The van der Waals surface area contributed by atoms with Gasteiger partial charge in [-0.25, -0.2) is 4.98 Å². The Bertz CT molecular complexity index is 510. The Morgan fingerprint density at radius 1 is 1.10 bits per heavy atom. The van der Waals surface area contributed by atoms with E-state index in [1.54, 1.807) is 6.20 Å². The molecule has 21 heavy (non-hydrogen) atoms. The third kappa shape index (κ3) is 3.06. The number of carbonyl (C=O) groups is 2. The molecule has 0 spiro atoms. The maximum atomic E-state index is 12.5. The number of anilines is 1. The number of aromatic nitrogens is 1. The van der Waals surface area contributed by atoms with Crippen LogP contribution in [0.1, 0.15) is 44.9 Å². The largest absolute Gasteiger partial charge is 0.358 e. The van der Waals surface area contributed by atoms with Crippen molar-refractivity contribution < 1.29 is 9.59 Å². The minimum absolute atomic E-state index is 0.0414. The van der Waals surface area contributed by atoms with Gasteiger partial charge >= 0.3 is 0 Å². The fourth-order valence-corrected chi connectivity index (χ4v) is 3.29. The molecule has 0 aromatic carbocycles. The zero-order valence-corrected chi connectivity index (χ0v) is 12.1. The number of nitrogens with zero attached hydrogens (tertiary/aromatic N) is 2. The van der Waals surface area contributed by atoms with Gasteiger partial charge in [-0.15, -0.1) is 0 Å². The highest BCUT2D eigenvalue weighted by Gasteiger charge is 2.42. The Morgan fingerprint density at radius 3 is 2.52 bits per heavy atom. The van der Waals surface area contributed by atoms with Gasteiger partial charge in [-0.2, -0.15) is 0 Å². The molecule has 5 heteroatoms. The van der Waals surface area contributed by atoms with Crippen molar-refractivity contribution in [2.45, 2.75) is 57.0 Å². The fourth-order valence-electron chi connectivity index (χ4n) is 3.29. The Morgan fingerprint density at radius 2 is 1.86 bits per heavy atom. The van der Waals surface area contributed by atoms with Gasteiger partial charge in [0, 0.05) is 12.2 Å². The summed E-state index contributed by atoms with van der Waals surface area (Å²) in [5.74, 6) is 0.518. The Kier molecular flexibility index (Phi) is 4.18. The first kappa shape index (κ1) is 14.0. The van der Waals surface area contributed by atoms with Crippen molar-refractivity contribution in [3.05, 3.63) is 24.4 Å². The van der Waals surface area contributed by atoms with Gasteiger partial charge < -0.3 is 5.32 Å². The van der Waals surface area contributed by atoms with Gasteiger partial charge in [0.2, 0.25) is 5.91 Å². The number of nitrogens with one attached hydrogen (secondary N) is 1. The van der Waals surface area contributed by atoms with Gasteiger partial charge in [-0.3, -0.25) is 14.5 Å². The molecule has 5 nitrogen and oxygen atoms in total. The molecule has 1 aromatic heterocycles. The summed E-state index contributed by atoms with van der Waals surface area (Å²) in [4.78, 5) is 30.5. The Balaban J connectivity index is 1.69. The molecule has 2 heterocycles. The van der Waals surface area contributed by atoms with E-state index in [9.17, 15) is 9.59 Å². The first-order valence-corrected chi connectivity index (χ1v) is 7.79. The van der Waals surface area contributed by atoms with Crippen molar-refractivity contribution in [3.63, 3.8) is 0 Å². The monoisotopic (exact) mass is 287 g/mol. The van der Waals surface area contributed by atoms with Crippen LogP contribution in [-0.4, -0.2) is 33.8 Å². The summed E-state index contributed by atoms with van der Waals surface area (Å²) >= 11 is 0. The molecule has 1 saturated heterocycles. The number of hydrogen-bond donors (Lipinski definition) is 1. The van der Waals surface area contributed by atoms with E-state index in [2.05, 4.69) is 10.3 Å². The van der Waals surface area contributed by atoms with E-state index in [1.165, 1.54) is 17.7 Å². The number of amides is 2. The predicted molar refractivity (Wildman–Crippen MR) is 79.6 cm³/mol. The number of likely N-dealkylation sites (tertiary alicyclic amines) is 1. The van der Waals surface area contributed by atoms with Crippen LogP contribution in [0.3, 0.4) is 0 Å². The van der Waals surface area contributed by atoms with Crippen LogP contribution in [-0.2, 0) is 9.59 Å². The standard InChI is InChI=1S/C16H21N3O2/c20-15-11-13(18-14-9-5-6-10-17-14)16(21)19(15)12-7-3-1-2-4-8-12/h5-6,9-10,12-13H,1-4,7-8,11H2,(H,17,18). The van der Waals surface area contributed by atoms with Crippen molar-refractivity contribution in [1.29, 1.82) is 0 Å². The van der Waals surface area contributed by atoms with Crippen LogP contribution in [0, 0.1) is 0 Å². The predicted octanol–water partition coefficient (Wildman–Crippen LogP) is 2.34. The smallest absolute Gasteiger partial charge is 0.252 e. The quantitative estimate of drug-likeness (QED) is 0.684. The van der Waals surface area contributed by atoms with Crippen LogP contribution in [0.15, 0.2) is 24.4 Å². The Labute approximate surface area is 124 Å². The van der Waals surface area contributed by atoms with Gasteiger partial charge in [0.25, 0.3) is 5.91 Å². The van der Waals surface area contributed by atoms with E-state index >= 15 is 0 Å². The highest BCUT2D eigenvalue weighted by atomic mass is 16.2. The minimum atomic E-state index is -0.462. The first-order chi connectivity index (χ1) is 10.3. The van der Waals surface area contributed by atoms with E-state index in [4.69, 9.17) is 0 Å². The summed E-state index contributed by atoms with van der Waals surface area (Å²) in [6, 6.07) is 5.13. The average Bonchev–Trinajstić information content (AvgIpc) is 2.70. The summed E-state index contributed by atoms with van der Waals surface area (Å²) in [5, 5.41) is 3.08. The number of pyridine rings is 1. The first-order valence-electron chi connectivity index (χ1n) is 7.79. The van der Waals surface area contributed by atoms with Crippen LogP contribution in [0.5, 0.6) is 0 Å². The normalized spacial score (nSPS) is 24.2. The van der Waals surface area contributed by atoms with Crippen LogP contribution < -0.4 is 5.32 Å². The number of rotatable bonds is 3. The van der Waals surface area contributed by atoms with Crippen molar-refractivity contribution in [2.24, 2.45) is 0 Å². The molecule has 2 aliphatic rings. The maximum Gasteiger partial charge on any atom is 0.252 e. The van der Waals surface area contributed by atoms with Gasteiger partial charge in [-0.05, 0) is 25.0 Å². The van der Waals surface area contributed by atoms with Gasteiger partial charge in [-0.1, -0.05) is 31.7 Å². The van der Waals surface area contributed by atoms with Gasteiger partial charge in [0.05, 0.1) is 6.42 Å². The molecule has 2 amide bonds. The topological polar surface area (TPSA) is 62.3 Å². The van der Waals surface area contributed by atoms with E-state index in [-0.39, 0.29) is 24.3 Å². The number of carbonyl (C=O) groups excluding carboxylic acids is 2. The molecule has 0 radical (unpaired) electrons. The molecule has 1 aliphatic heterocycles. The highest BCUT2D eigenvalue weighted by molar-refractivity contribution is 6.07. The average molecular weight is 287 g/mol. The molecule has 1 aromatic rings. The SMILES string of the molecule is O=C1CC(Nc2ccccn2)C(=O)N1C1CCCCCC1. The molecular weight excluding hydrogens is 266 g/mol. The van der Waals surface area contributed by atoms with E-state index in [0.717, 1.165) is 25.7 Å². The second-order valence-electron chi connectivity index (χ2n) is 5.86.